The molecule has 0 unspecified atom stereocenters. The summed E-state index contributed by atoms with van der Waals surface area (Å²) in [5, 5.41) is 5.57. The summed E-state index contributed by atoms with van der Waals surface area (Å²) in [6, 6.07) is 5.50. The number of nitrogens with zero attached hydrogens (tertiary/aromatic N) is 5. The quantitative estimate of drug-likeness (QED) is 0.596. The maximum absolute atomic E-state index is 6.38. The number of aromatic nitrogens is 4. The van der Waals surface area contributed by atoms with Crippen LogP contribution in [0.2, 0.25) is 10.0 Å². The minimum absolute atomic E-state index is 0.606. The first-order valence-corrected chi connectivity index (χ1v) is 8.88. The van der Waals surface area contributed by atoms with E-state index in [9.17, 15) is 0 Å². The van der Waals surface area contributed by atoms with Crippen molar-refractivity contribution in [2.24, 2.45) is 0 Å². The van der Waals surface area contributed by atoms with E-state index >= 15 is 0 Å². The van der Waals surface area contributed by atoms with Gasteiger partial charge in [-0.25, -0.2) is 14.6 Å². The van der Waals surface area contributed by atoms with Gasteiger partial charge >= 0.3 is 0 Å². The first kappa shape index (κ1) is 15.9. The number of aryl methyl sites for hydroxylation is 1. The zero-order chi connectivity index (χ0) is 16.8. The van der Waals surface area contributed by atoms with Crippen LogP contribution in [0, 0.1) is 6.92 Å². The Hall–Kier alpha value is -1.63. The molecule has 5 nitrogen and oxygen atoms in total. The zero-order valence-corrected chi connectivity index (χ0v) is 15.8. The third-order valence-corrected chi connectivity index (χ3v) is 4.83. The molecule has 3 aromatic rings. The molecule has 0 bridgehead atoms. The van der Waals surface area contributed by atoms with E-state index in [0.29, 0.717) is 15.9 Å². The monoisotopic (exact) mass is 423 g/mol. The van der Waals surface area contributed by atoms with E-state index in [1.807, 2.05) is 25.3 Å². The second-order valence-electron chi connectivity index (χ2n) is 5.50. The number of halogens is 3. The molecule has 1 aromatic carbocycles. The van der Waals surface area contributed by atoms with Crippen molar-refractivity contribution in [2.75, 3.05) is 11.4 Å². The van der Waals surface area contributed by atoms with Gasteiger partial charge in [-0.1, -0.05) is 23.2 Å². The maximum atomic E-state index is 6.38. The van der Waals surface area contributed by atoms with Crippen molar-refractivity contribution >= 4 is 50.6 Å². The van der Waals surface area contributed by atoms with Gasteiger partial charge in [-0.05, 0) is 47.5 Å². The number of hydrogen-bond donors (Lipinski definition) is 0. The zero-order valence-electron chi connectivity index (χ0n) is 12.7. The summed E-state index contributed by atoms with van der Waals surface area (Å²) in [6.07, 6.45) is 4.45. The third-order valence-electron chi connectivity index (χ3n) is 3.88. The van der Waals surface area contributed by atoms with Crippen molar-refractivity contribution in [1.29, 1.82) is 0 Å². The highest BCUT2D eigenvalue weighted by molar-refractivity contribution is 9.10. The standard InChI is InChI=1S/C16H12BrCl2N5/c1-9-21-15-12(16(22-9)24-8-10(17)7-20-24)4-5-23(15)14-3-2-11(18)6-13(14)19/h2-3,6-8H,4-5H2,1H3. The van der Waals surface area contributed by atoms with Crippen molar-refractivity contribution < 1.29 is 0 Å². The molecule has 122 valence electrons. The molecule has 0 aliphatic carbocycles. The van der Waals surface area contributed by atoms with Crippen LogP contribution in [-0.2, 0) is 6.42 Å². The molecule has 0 spiro atoms. The molecular formula is C16H12BrCl2N5. The normalized spacial score (nSPS) is 13.4. The smallest absolute Gasteiger partial charge is 0.162 e. The van der Waals surface area contributed by atoms with Crippen LogP contribution >= 0.6 is 39.1 Å². The van der Waals surface area contributed by atoms with E-state index < -0.39 is 0 Å². The Morgan fingerprint density at radius 1 is 1.17 bits per heavy atom. The van der Waals surface area contributed by atoms with Gasteiger partial charge in [-0.3, -0.25) is 0 Å². The minimum Gasteiger partial charge on any atom is -0.324 e. The molecule has 24 heavy (non-hydrogen) atoms. The molecule has 2 aromatic heterocycles. The summed E-state index contributed by atoms with van der Waals surface area (Å²) in [5.41, 5.74) is 1.95. The van der Waals surface area contributed by atoms with E-state index in [1.165, 1.54) is 0 Å². The van der Waals surface area contributed by atoms with Crippen LogP contribution in [0.1, 0.15) is 11.4 Å². The third kappa shape index (κ3) is 2.68. The fourth-order valence-corrected chi connectivity index (χ4v) is 3.68. The van der Waals surface area contributed by atoms with Gasteiger partial charge in [0.25, 0.3) is 0 Å². The molecule has 0 fully saturated rings. The Kier molecular flexibility index (Phi) is 3.98. The first-order valence-electron chi connectivity index (χ1n) is 7.33. The molecule has 3 heterocycles. The summed E-state index contributed by atoms with van der Waals surface area (Å²) < 4.78 is 2.67. The van der Waals surface area contributed by atoms with Gasteiger partial charge < -0.3 is 4.90 Å². The molecule has 1 aliphatic rings. The lowest BCUT2D eigenvalue weighted by Gasteiger charge is -2.20. The van der Waals surface area contributed by atoms with Crippen LogP contribution < -0.4 is 4.90 Å². The predicted octanol–water partition coefficient (Wildman–Crippen LogP) is 4.73. The Morgan fingerprint density at radius 3 is 2.67 bits per heavy atom. The molecule has 0 atom stereocenters. The highest BCUT2D eigenvalue weighted by atomic mass is 79.9. The molecule has 0 radical (unpaired) electrons. The van der Waals surface area contributed by atoms with Crippen LogP contribution in [0.4, 0.5) is 11.5 Å². The Bertz CT molecular complexity index is 940. The lowest BCUT2D eigenvalue weighted by atomic mass is 10.2. The topological polar surface area (TPSA) is 46.8 Å². The van der Waals surface area contributed by atoms with Crippen LogP contribution in [-0.4, -0.2) is 26.3 Å². The predicted molar refractivity (Wildman–Crippen MR) is 98.8 cm³/mol. The average molecular weight is 425 g/mol. The van der Waals surface area contributed by atoms with E-state index in [4.69, 9.17) is 23.2 Å². The SMILES string of the molecule is Cc1nc2c(c(-n3cc(Br)cn3)n1)CCN2c1ccc(Cl)cc1Cl. The molecule has 0 amide bonds. The highest BCUT2D eigenvalue weighted by Gasteiger charge is 2.28. The van der Waals surface area contributed by atoms with E-state index in [2.05, 4.69) is 35.9 Å². The first-order chi connectivity index (χ1) is 11.5. The van der Waals surface area contributed by atoms with Crippen molar-refractivity contribution in [2.45, 2.75) is 13.3 Å². The second kappa shape index (κ2) is 6.02. The van der Waals surface area contributed by atoms with E-state index in [0.717, 1.165) is 40.3 Å². The number of benzene rings is 1. The number of rotatable bonds is 2. The van der Waals surface area contributed by atoms with Gasteiger partial charge in [0.2, 0.25) is 0 Å². The van der Waals surface area contributed by atoms with E-state index in [1.54, 1.807) is 16.9 Å². The summed E-state index contributed by atoms with van der Waals surface area (Å²) in [7, 11) is 0. The van der Waals surface area contributed by atoms with Crippen LogP contribution in [0.15, 0.2) is 35.1 Å². The van der Waals surface area contributed by atoms with Gasteiger partial charge in [0.15, 0.2) is 5.82 Å². The van der Waals surface area contributed by atoms with Crippen molar-refractivity contribution in [3.8, 4) is 5.82 Å². The van der Waals surface area contributed by atoms with Crippen molar-refractivity contribution in [1.82, 2.24) is 19.7 Å². The van der Waals surface area contributed by atoms with Gasteiger partial charge in [-0.15, -0.1) is 0 Å². The molecule has 1 aliphatic heterocycles. The van der Waals surface area contributed by atoms with Crippen LogP contribution in [0.5, 0.6) is 0 Å². The summed E-state index contributed by atoms with van der Waals surface area (Å²) >= 11 is 15.8. The fraction of sp³-hybridized carbons (Fsp3) is 0.188. The Labute approximate surface area is 157 Å². The summed E-state index contributed by atoms with van der Waals surface area (Å²) in [4.78, 5) is 11.3. The van der Waals surface area contributed by atoms with Crippen molar-refractivity contribution in [3.05, 3.63) is 56.5 Å². The average Bonchev–Trinajstić information content (AvgIpc) is 3.13. The van der Waals surface area contributed by atoms with Gasteiger partial charge in [0.1, 0.15) is 11.6 Å². The van der Waals surface area contributed by atoms with Gasteiger partial charge in [0.05, 0.1) is 21.4 Å². The maximum Gasteiger partial charge on any atom is 0.162 e. The van der Waals surface area contributed by atoms with Crippen LogP contribution in [0.3, 0.4) is 0 Å². The fourth-order valence-electron chi connectivity index (χ4n) is 2.88. The van der Waals surface area contributed by atoms with E-state index in [-0.39, 0.29) is 0 Å². The molecule has 0 saturated carbocycles. The number of fused-ring (bicyclic) bond motifs is 1. The Balaban J connectivity index is 1.85. The Morgan fingerprint density at radius 2 is 1.96 bits per heavy atom. The van der Waals surface area contributed by atoms with Crippen LogP contribution in [0.25, 0.3) is 5.82 Å². The van der Waals surface area contributed by atoms with Crippen molar-refractivity contribution in [3.63, 3.8) is 0 Å². The summed E-state index contributed by atoms with van der Waals surface area (Å²) in [6.45, 7) is 2.66. The molecule has 0 N–H and O–H groups in total. The largest absolute Gasteiger partial charge is 0.324 e. The molecule has 0 saturated heterocycles. The molecule has 4 rings (SSSR count). The van der Waals surface area contributed by atoms with Gasteiger partial charge in [-0.2, -0.15) is 5.10 Å². The lowest BCUT2D eigenvalue weighted by molar-refractivity contribution is 0.816. The number of hydrogen-bond acceptors (Lipinski definition) is 4. The molecule has 8 heteroatoms. The second-order valence-corrected chi connectivity index (χ2v) is 7.26. The van der Waals surface area contributed by atoms with Gasteiger partial charge in [0, 0.05) is 23.3 Å². The number of anilines is 2. The summed E-state index contributed by atoms with van der Waals surface area (Å²) in [5.74, 6) is 2.36. The lowest BCUT2D eigenvalue weighted by Crippen LogP contribution is -2.15. The molecular weight excluding hydrogens is 413 g/mol. The highest BCUT2D eigenvalue weighted by Crippen LogP contribution is 2.39. The minimum atomic E-state index is 0.606.